The molecule has 0 bridgehead atoms. The zero-order valence-electron chi connectivity index (χ0n) is 13.3. The Hall–Kier alpha value is -1.59. The Morgan fingerprint density at radius 3 is 2.57 bits per heavy atom. The predicted octanol–water partition coefficient (Wildman–Crippen LogP) is 1.51. The van der Waals surface area contributed by atoms with Gasteiger partial charge in [-0.15, -0.1) is 0 Å². The van der Waals surface area contributed by atoms with Crippen LogP contribution in [0.25, 0.3) is 0 Å². The summed E-state index contributed by atoms with van der Waals surface area (Å²) in [6.45, 7) is 6.57. The Morgan fingerprint density at radius 1 is 1.38 bits per heavy atom. The molecule has 1 aromatic carbocycles. The normalized spacial score (nSPS) is 12.0. The fraction of sp³-hybridized carbons (Fsp3) is 0.562. The summed E-state index contributed by atoms with van der Waals surface area (Å²) in [4.78, 5) is 14.3. The van der Waals surface area contributed by atoms with Crippen molar-refractivity contribution in [1.29, 1.82) is 0 Å². The average Bonchev–Trinajstić information content (AvgIpc) is 2.52. The highest BCUT2D eigenvalue weighted by Gasteiger charge is 2.19. The molecule has 0 heterocycles. The van der Waals surface area contributed by atoms with Crippen molar-refractivity contribution in [1.82, 2.24) is 5.32 Å². The second kappa shape index (κ2) is 9.37. The fourth-order valence-electron chi connectivity index (χ4n) is 2.22. The third-order valence-electron chi connectivity index (χ3n) is 3.52. The quantitative estimate of drug-likeness (QED) is 0.677. The van der Waals surface area contributed by atoms with E-state index in [2.05, 4.69) is 10.2 Å². The average molecular weight is 293 g/mol. The zero-order valence-corrected chi connectivity index (χ0v) is 13.3. The number of ether oxygens (including phenoxy) is 1. The molecule has 0 aliphatic rings. The second-order valence-electron chi connectivity index (χ2n) is 4.97. The first-order valence-electron chi connectivity index (χ1n) is 7.46. The van der Waals surface area contributed by atoms with Crippen LogP contribution < -0.4 is 16.0 Å². The number of carbonyl (C=O) groups is 1. The molecule has 0 aliphatic heterocycles. The van der Waals surface area contributed by atoms with Gasteiger partial charge >= 0.3 is 0 Å². The van der Waals surface area contributed by atoms with Gasteiger partial charge in [-0.05, 0) is 38.0 Å². The summed E-state index contributed by atoms with van der Waals surface area (Å²) < 4.78 is 4.97. The van der Waals surface area contributed by atoms with E-state index in [1.54, 1.807) is 7.11 Å². The van der Waals surface area contributed by atoms with Crippen molar-refractivity contribution >= 4 is 11.6 Å². The number of nitrogens with zero attached hydrogens (tertiary/aromatic N) is 1. The number of likely N-dealkylation sites (N-methyl/N-ethyl adjacent to an activating group) is 1. The van der Waals surface area contributed by atoms with Gasteiger partial charge in [-0.1, -0.05) is 12.1 Å². The van der Waals surface area contributed by atoms with Crippen molar-refractivity contribution in [2.45, 2.75) is 32.9 Å². The van der Waals surface area contributed by atoms with Crippen LogP contribution in [0.5, 0.6) is 0 Å². The van der Waals surface area contributed by atoms with Crippen LogP contribution in [0.15, 0.2) is 24.3 Å². The third-order valence-corrected chi connectivity index (χ3v) is 3.52. The Kier molecular flexibility index (Phi) is 7.79. The number of hydrogen-bond acceptors (Lipinski definition) is 4. The Labute approximate surface area is 127 Å². The molecule has 0 saturated heterocycles. The maximum Gasteiger partial charge on any atom is 0.242 e. The molecule has 0 aliphatic carbocycles. The molecule has 5 nitrogen and oxygen atoms in total. The van der Waals surface area contributed by atoms with Crippen LogP contribution in [0.4, 0.5) is 5.69 Å². The van der Waals surface area contributed by atoms with Crippen molar-refractivity contribution in [2.75, 3.05) is 31.7 Å². The zero-order chi connectivity index (χ0) is 15.7. The van der Waals surface area contributed by atoms with Gasteiger partial charge in [0.15, 0.2) is 0 Å². The van der Waals surface area contributed by atoms with Crippen LogP contribution >= 0.6 is 0 Å². The van der Waals surface area contributed by atoms with Gasteiger partial charge < -0.3 is 20.7 Å². The van der Waals surface area contributed by atoms with Crippen molar-refractivity contribution in [3.8, 4) is 0 Å². The molecular formula is C16H27N3O2. The summed E-state index contributed by atoms with van der Waals surface area (Å²) in [6, 6.07) is 7.82. The maximum absolute atomic E-state index is 12.2. The van der Waals surface area contributed by atoms with Gasteiger partial charge in [0.2, 0.25) is 5.91 Å². The van der Waals surface area contributed by atoms with Crippen LogP contribution in [-0.4, -0.2) is 38.8 Å². The van der Waals surface area contributed by atoms with Crippen LogP contribution in [-0.2, 0) is 16.1 Å². The molecule has 0 saturated carbocycles. The molecule has 5 heteroatoms. The smallest absolute Gasteiger partial charge is 0.242 e. The number of carbonyl (C=O) groups excluding carboxylic acids is 1. The Bertz CT molecular complexity index is 420. The highest BCUT2D eigenvalue weighted by molar-refractivity contribution is 5.84. The van der Waals surface area contributed by atoms with E-state index < -0.39 is 0 Å². The number of nitrogens with two attached hydrogens (primary N) is 1. The molecule has 1 amide bonds. The summed E-state index contributed by atoms with van der Waals surface area (Å²) in [5, 5.41) is 2.94. The van der Waals surface area contributed by atoms with Crippen molar-refractivity contribution in [2.24, 2.45) is 5.73 Å². The summed E-state index contributed by atoms with van der Waals surface area (Å²) in [7, 11) is 1.66. The topological polar surface area (TPSA) is 67.6 Å². The van der Waals surface area contributed by atoms with Gasteiger partial charge in [0.1, 0.15) is 6.04 Å². The van der Waals surface area contributed by atoms with Crippen molar-refractivity contribution < 1.29 is 9.53 Å². The van der Waals surface area contributed by atoms with Gasteiger partial charge in [-0.25, -0.2) is 0 Å². The van der Waals surface area contributed by atoms with Gasteiger partial charge in [-0.3, -0.25) is 4.79 Å². The first kappa shape index (κ1) is 17.5. The van der Waals surface area contributed by atoms with E-state index in [1.807, 2.05) is 38.1 Å². The Morgan fingerprint density at radius 2 is 2.05 bits per heavy atom. The first-order valence-corrected chi connectivity index (χ1v) is 7.46. The molecule has 1 atom stereocenters. The molecule has 0 aromatic heterocycles. The molecule has 3 N–H and O–H groups in total. The largest absolute Gasteiger partial charge is 0.385 e. The third kappa shape index (κ3) is 5.36. The molecule has 118 valence electrons. The standard InChI is InChI=1S/C16H27N3O2/c1-4-19(15-8-6-14(12-17)7-9-15)13(2)16(20)18-10-5-11-21-3/h6-9,13H,4-5,10-12,17H2,1-3H3,(H,18,20). The van der Waals surface area contributed by atoms with Gasteiger partial charge in [0.25, 0.3) is 0 Å². The van der Waals surface area contributed by atoms with Gasteiger partial charge in [-0.2, -0.15) is 0 Å². The van der Waals surface area contributed by atoms with E-state index in [9.17, 15) is 4.79 Å². The van der Waals surface area contributed by atoms with E-state index in [0.717, 1.165) is 24.2 Å². The van der Waals surface area contributed by atoms with Crippen LogP contribution in [0.3, 0.4) is 0 Å². The second-order valence-corrected chi connectivity index (χ2v) is 4.97. The van der Waals surface area contributed by atoms with E-state index in [0.29, 0.717) is 19.7 Å². The molecule has 1 rings (SSSR count). The lowest BCUT2D eigenvalue weighted by Gasteiger charge is -2.29. The minimum Gasteiger partial charge on any atom is -0.385 e. The molecule has 1 unspecified atom stereocenters. The number of benzene rings is 1. The lowest BCUT2D eigenvalue weighted by molar-refractivity contribution is -0.122. The molecular weight excluding hydrogens is 266 g/mol. The number of amides is 1. The Balaban J connectivity index is 2.62. The lowest BCUT2D eigenvalue weighted by Crippen LogP contribution is -2.45. The predicted molar refractivity (Wildman–Crippen MR) is 86.3 cm³/mol. The van der Waals surface area contributed by atoms with Crippen LogP contribution in [0.1, 0.15) is 25.8 Å². The highest BCUT2D eigenvalue weighted by atomic mass is 16.5. The van der Waals surface area contributed by atoms with E-state index in [4.69, 9.17) is 10.5 Å². The summed E-state index contributed by atoms with van der Waals surface area (Å²) >= 11 is 0. The first-order chi connectivity index (χ1) is 10.1. The maximum atomic E-state index is 12.2. The number of anilines is 1. The lowest BCUT2D eigenvalue weighted by atomic mass is 10.1. The van der Waals surface area contributed by atoms with Crippen molar-refractivity contribution in [3.63, 3.8) is 0 Å². The minimum absolute atomic E-state index is 0.0378. The summed E-state index contributed by atoms with van der Waals surface area (Å²) in [5.41, 5.74) is 7.73. The number of methoxy groups -OCH3 is 1. The summed E-state index contributed by atoms with van der Waals surface area (Å²) in [5.74, 6) is 0.0378. The highest BCUT2D eigenvalue weighted by Crippen LogP contribution is 2.17. The minimum atomic E-state index is -0.207. The van der Waals surface area contributed by atoms with Crippen LogP contribution in [0.2, 0.25) is 0 Å². The van der Waals surface area contributed by atoms with Gasteiger partial charge in [0, 0.05) is 39.0 Å². The number of nitrogens with one attached hydrogen (secondary N) is 1. The fourth-order valence-corrected chi connectivity index (χ4v) is 2.22. The molecule has 0 spiro atoms. The monoisotopic (exact) mass is 293 g/mol. The molecule has 0 radical (unpaired) electrons. The molecule has 1 aromatic rings. The molecule has 21 heavy (non-hydrogen) atoms. The molecule has 0 fully saturated rings. The van der Waals surface area contributed by atoms with E-state index >= 15 is 0 Å². The number of hydrogen-bond donors (Lipinski definition) is 2. The SMILES string of the molecule is CCN(c1ccc(CN)cc1)C(C)C(=O)NCCCOC. The van der Waals surface area contributed by atoms with E-state index in [1.165, 1.54) is 0 Å². The van der Waals surface area contributed by atoms with Crippen molar-refractivity contribution in [3.05, 3.63) is 29.8 Å². The van der Waals surface area contributed by atoms with Gasteiger partial charge in [0.05, 0.1) is 0 Å². The number of rotatable bonds is 9. The van der Waals surface area contributed by atoms with E-state index in [-0.39, 0.29) is 11.9 Å². The summed E-state index contributed by atoms with van der Waals surface area (Å²) in [6.07, 6.45) is 0.826. The van der Waals surface area contributed by atoms with Crippen LogP contribution in [0, 0.1) is 0 Å².